The molecule has 1 aromatic rings. The molecule has 4 nitrogen and oxygen atoms in total. The van der Waals surface area contributed by atoms with Crippen molar-refractivity contribution in [3.05, 3.63) is 35.9 Å². The van der Waals surface area contributed by atoms with E-state index in [-0.39, 0.29) is 18.1 Å². The molecule has 0 aliphatic carbocycles. The zero-order valence-electron chi connectivity index (χ0n) is 12.2. The number of ether oxygens (including phenoxy) is 2. The van der Waals surface area contributed by atoms with Gasteiger partial charge in [-0.1, -0.05) is 18.2 Å². The summed E-state index contributed by atoms with van der Waals surface area (Å²) in [6.45, 7) is 5.21. The van der Waals surface area contributed by atoms with Gasteiger partial charge in [-0.05, 0) is 26.0 Å². The number of rotatable bonds is 3. The lowest BCUT2D eigenvalue weighted by atomic mass is 10.1. The van der Waals surface area contributed by atoms with Crippen LogP contribution in [0.1, 0.15) is 19.4 Å². The Hall–Kier alpha value is -1.81. The number of para-hydroxylation sites is 1. The van der Waals surface area contributed by atoms with Gasteiger partial charge < -0.3 is 14.4 Å². The van der Waals surface area contributed by atoms with Crippen molar-refractivity contribution >= 4 is 12.0 Å². The van der Waals surface area contributed by atoms with Gasteiger partial charge in [-0.25, -0.2) is 0 Å². The first-order chi connectivity index (χ1) is 9.61. The maximum atomic E-state index is 12.3. The molecule has 2 atom stereocenters. The van der Waals surface area contributed by atoms with Gasteiger partial charge in [0.05, 0.1) is 25.9 Å². The van der Waals surface area contributed by atoms with E-state index < -0.39 is 0 Å². The van der Waals surface area contributed by atoms with E-state index in [1.807, 2.05) is 43.0 Å². The molecule has 1 heterocycles. The van der Waals surface area contributed by atoms with Crippen molar-refractivity contribution in [2.45, 2.75) is 26.0 Å². The van der Waals surface area contributed by atoms with Crippen LogP contribution in [0.15, 0.2) is 30.3 Å². The van der Waals surface area contributed by atoms with Crippen LogP contribution in [0.4, 0.5) is 0 Å². The second-order valence-electron chi connectivity index (χ2n) is 5.06. The quantitative estimate of drug-likeness (QED) is 0.795. The summed E-state index contributed by atoms with van der Waals surface area (Å²) in [6, 6.07) is 7.74. The predicted molar refractivity (Wildman–Crippen MR) is 78.6 cm³/mol. The lowest BCUT2D eigenvalue weighted by molar-refractivity contribution is -0.137. The number of hydrogen-bond donors (Lipinski definition) is 0. The summed E-state index contributed by atoms with van der Waals surface area (Å²) in [7, 11) is 1.63. The van der Waals surface area contributed by atoms with E-state index in [2.05, 4.69) is 0 Å². The van der Waals surface area contributed by atoms with Gasteiger partial charge in [0.2, 0.25) is 5.91 Å². The number of carbonyl (C=O) groups excluding carboxylic acids is 1. The van der Waals surface area contributed by atoms with Crippen molar-refractivity contribution < 1.29 is 14.3 Å². The summed E-state index contributed by atoms with van der Waals surface area (Å²) in [6.07, 6.45) is 3.50. The molecule has 2 rings (SSSR count). The molecule has 0 spiro atoms. The van der Waals surface area contributed by atoms with E-state index in [1.165, 1.54) is 0 Å². The number of morpholine rings is 1. The smallest absolute Gasteiger partial charge is 0.246 e. The van der Waals surface area contributed by atoms with Crippen LogP contribution in [0.3, 0.4) is 0 Å². The number of amides is 1. The first kappa shape index (κ1) is 14.6. The molecular formula is C16H21NO3. The Balaban J connectivity index is 2.08. The highest BCUT2D eigenvalue weighted by atomic mass is 16.5. The summed E-state index contributed by atoms with van der Waals surface area (Å²) in [4.78, 5) is 14.1. The molecule has 1 saturated heterocycles. The maximum Gasteiger partial charge on any atom is 0.246 e. The second-order valence-corrected chi connectivity index (χ2v) is 5.06. The Morgan fingerprint density at radius 1 is 1.40 bits per heavy atom. The molecule has 2 unspecified atom stereocenters. The lowest BCUT2D eigenvalue weighted by Crippen LogP contribution is -2.49. The molecule has 1 amide bonds. The van der Waals surface area contributed by atoms with Crippen molar-refractivity contribution in [2.24, 2.45) is 0 Å². The van der Waals surface area contributed by atoms with Crippen LogP contribution < -0.4 is 4.74 Å². The first-order valence-electron chi connectivity index (χ1n) is 6.85. The highest BCUT2D eigenvalue weighted by Gasteiger charge is 2.25. The number of nitrogens with zero attached hydrogens (tertiary/aromatic N) is 1. The second kappa shape index (κ2) is 6.57. The van der Waals surface area contributed by atoms with Gasteiger partial charge in [-0.3, -0.25) is 4.79 Å². The molecule has 1 aliphatic rings. The Kier molecular flexibility index (Phi) is 4.79. The SMILES string of the molecule is COc1ccccc1/C=C/C(=O)N1CC(C)OCC1C. The van der Waals surface area contributed by atoms with Gasteiger partial charge in [-0.2, -0.15) is 0 Å². The third kappa shape index (κ3) is 3.39. The van der Waals surface area contributed by atoms with Gasteiger partial charge in [0, 0.05) is 18.2 Å². The minimum Gasteiger partial charge on any atom is -0.496 e. The zero-order valence-corrected chi connectivity index (χ0v) is 12.2. The Labute approximate surface area is 120 Å². The largest absolute Gasteiger partial charge is 0.496 e. The Morgan fingerprint density at radius 2 is 2.15 bits per heavy atom. The fourth-order valence-corrected chi connectivity index (χ4v) is 2.27. The summed E-state index contributed by atoms with van der Waals surface area (Å²) in [5.74, 6) is 0.776. The maximum absolute atomic E-state index is 12.3. The van der Waals surface area contributed by atoms with Crippen LogP contribution in [0.2, 0.25) is 0 Å². The summed E-state index contributed by atoms with van der Waals surface area (Å²) in [5, 5.41) is 0. The van der Waals surface area contributed by atoms with Gasteiger partial charge in [0.15, 0.2) is 0 Å². The molecule has 0 bridgehead atoms. The van der Waals surface area contributed by atoms with E-state index in [0.717, 1.165) is 11.3 Å². The van der Waals surface area contributed by atoms with E-state index in [0.29, 0.717) is 13.2 Å². The molecule has 0 aromatic heterocycles. The van der Waals surface area contributed by atoms with Gasteiger partial charge in [-0.15, -0.1) is 0 Å². The predicted octanol–water partition coefficient (Wildman–Crippen LogP) is 2.34. The molecule has 20 heavy (non-hydrogen) atoms. The van der Waals surface area contributed by atoms with E-state index >= 15 is 0 Å². The van der Waals surface area contributed by atoms with Crippen molar-refractivity contribution in [3.63, 3.8) is 0 Å². The van der Waals surface area contributed by atoms with Crippen LogP contribution in [0.5, 0.6) is 5.75 Å². The fraction of sp³-hybridized carbons (Fsp3) is 0.438. The highest BCUT2D eigenvalue weighted by molar-refractivity contribution is 5.92. The van der Waals surface area contributed by atoms with Gasteiger partial charge in [0.1, 0.15) is 5.75 Å². The molecule has 0 radical (unpaired) electrons. The number of carbonyl (C=O) groups is 1. The first-order valence-corrected chi connectivity index (χ1v) is 6.85. The van der Waals surface area contributed by atoms with E-state index in [9.17, 15) is 4.79 Å². The minimum absolute atomic E-state index is 0.0126. The highest BCUT2D eigenvalue weighted by Crippen LogP contribution is 2.19. The molecular weight excluding hydrogens is 254 g/mol. The van der Waals surface area contributed by atoms with Gasteiger partial charge >= 0.3 is 0 Å². The zero-order chi connectivity index (χ0) is 14.5. The average Bonchev–Trinajstić information content (AvgIpc) is 2.47. The normalized spacial score (nSPS) is 23.1. The third-order valence-electron chi connectivity index (χ3n) is 3.44. The van der Waals surface area contributed by atoms with Crippen LogP contribution in [-0.4, -0.2) is 43.2 Å². The summed E-state index contributed by atoms with van der Waals surface area (Å²) < 4.78 is 10.8. The Bertz CT molecular complexity index is 498. The number of methoxy groups -OCH3 is 1. The fourth-order valence-electron chi connectivity index (χ4n) is 2.27. The van der Waals surface area contributed by atoms with E-state index in [4.69, 9.17) is 9.47 Å². The molecule has 4 heteroatoms. The molecule has 1 aromatic carbocycles. The minimum atomic E-state index is 0.0126. The van der Waals surface area contributed by atoms with Crippen LogP contribution in [-0.2, 0) is 9.53 Å². The average molecular weight is 275 g/mol. The van der Waals surface area contributed by atoms with Crippen molar-refractivity contribution in [1.82, 2.24) is 4.90 Å². The van der Waals surface area contributed by atoms with Crippen LogP contribution in [0.25, 0.3) is 6.08 Å². The topological polar surface area (TPSA) is 38.8 Å². The van der Waals surface area contributed by atoms with E-state index in [1.54, 1.807) is 19.3 Å². The van der Waals surface area contributed by atoms with Crippen LogP contribution in [0, 0.1) is 0 Å². The Morgan fingerprint density at radius 3 is 2.90 bits per heavy atom. The van der Waals surface area contributed by atoms with Crippen molar-refractivity contribution in [2.75, 3.05) is 20.3 Å². The summed E-state index contributed by atoms with van der Waals surface area (Å²) >= 11 is 0. The third-order valence-corrected chi connectivity index (χ3v) is 3.44. The number of benzene rings is 1. The standard InChI is InChI=1S/C16H21NO3/c1-12-11-20-13(2)10-17(12)16(18)9-8-14-6-4-5-7-15(14)19-3/h4-9,12-13H,10-11H2,1-3H3/b9-8+. The summed E-state index contributed by atoms with van der Waals surface area (Å²) in [5.41, 5.74) is 0.900. The molecule has 0 saturated carbocycles. The van der Waals surface area contributed by atoms with Crippen molar-refractivity contribution in [3.8, 4) is 5.75 Å². The molecule has 108 valence electrons. The van der Waals surface area contributed by atoms with Gasteiger partial charge in [0.25, 0.3) is 0 Å². The molecule has 1 aliphatic heterocycles. The molecule has 1 fully saturated rings. The van der Waals surface area contributed by atoms with Crippen LogP contribution >= 0.6 is 0 Å². The monoisotopic (exact) mass is 275 g/mol. The number of hydrogen-bond acceptors (Lipinski definition) is 3. The lowest BCUT2D eigenvalue weighted by Gasteiger charge is -2.36. The molecule has 0 N–H and O–H groups in total. The van der Waals surface area contributed by atoms with Crippen molar-refractivity contribution in [1.29, 1.82) is 0 Å².